The van der Waals surface area contributed by atoms with Crippen molar-refractivity contribution in [1.29, 1.82) is 0 Å². The topological polar surface area (TPSA) is 21.3 Å². The number of aryl methyl sites for hydroxylation is 1. The van der Waals surface area contributed by atoms with Gasteiger partial charge in [-0.15, -0.1) is 13.2 Å². The molecule has 21 heavy (non-hydrogen) atoms. The van der Waals surface area contributed by atoms with Gasteiger partial charge in [0.1, 0.15) is 5.75 Å². The predicted molar refractivity (Wildman–Crippen MR) is 74.8 cm³/mol. The Morgan fingerprint density at radius 2 is 1.33 bits per heavy atom. The molecule has 2 nitrogen and oxygen atoms in total. The van der Waals surface area contributed by atoms with E-state index in [1.165, 1.54) is 17.7 Å². The monoisotopic (exact) mass is 295 g/mol. The van der Waals surface area contributed by atoms with Crippen molar-refractivity contribution in [2.45, 2.75) is 26.4 Å². The van der Waals surface area contributed by atoms with Crippen LogP contribution in [0.5, 0.6) is 5.75 Å². The third-order valence-electron chi connectivity index (χ3n) is 2.94. The lowest BCUT2D eigenvalue weighted by Gasteiger charge is -2.10. The van der Waals surface area contributed by atoms with Gasteiger partial charge in [-0.2, -0.15) is 0 Å². The van der Waals surface area contributed by atoms with Gasteiger partial charge < -0.3 is 10.1 Å². The Morgan fingerprint density at radius 3 is 1.81 bits per heavy atom. The van der Waals surface area contributed by atoms with Crippen molar-refractivity contribution < 1.29 is 17.9 Å². The van der Waals surface area contributed by atoms with Crippen LogP contribution in [0.3, 0.4) is 0 Å². The SMILES string of the molecule is Cc1ccc(CNCc2ccc(OC(F)(F)F)cc2)cc1. The van der Waals surface area contributed by atoms with Crippen LogP contribution in [-0.2, 0) is 13.1 Å². The van der Waals surface area contributed by atoms with E-state index in [1.807, 2.05) is 31.2 Å². The van der Waals surface area contributed by atoms with E-state index in [0.717, 1.165) is 11.1 Å². The second kappa shape index (κ2) is 6.63. The molecule has 0 spiro atoms. The van der Waals surface area contributed by atoms with Gasteiger partial charge in [0.15, 0.2) is 0 Å². The Bertz CT molecular complexity index is 562. The van der Waals surface area contributed by atoms with Crippen LogP contribution < -0.4 is 10.1 Å². The number of ether oxygens (including phenoxy) is 1. The summed E-state index contributed by atoms with van der Waals surface area (Å²) in [5.74, 6) is -0.204. The van der Waals surface area contributed by atoms with Gasteiger partial charge in [-0.3, -0.25) is 0 Å². The first kappa shape index (κ1) is 15.4. The first-order chi connectivity index (χ1) is 9.92. The summed E-state index contributed by atoms with van der Waals surface area (Å²) < 4.78 is 39.9. The quantitative estimate of drug-likeness (QED) is 0.893. The number of halogens is 3. The number of hydrogen-bond acceptors (Lipinski definition) is 2. The second-order valence-electron chi connectivity index (χ2n) is 4.78. The fraction of sp³-hybridized carbons (Fsp3) is 0.250. The standard InChI is InChI=1S/C16H16F3NO/c1-12-2-4-13(5-3-12)10-20-11-14-6-8-15(9-7-14)21-16(17,18)19/h2-9,20H,10-11H2,1H3. The average Bonchev–Trinajstić information content (AvgIpc) is 2.41. The van der Waals surface area contributed by atoms with E-state index in [1.54, 1.807) is 12.1 Å². The van der Waals surface area contributed by atoms with E-state index in [2.05, 4.69) is 10.1 Å². The summed E-state index contributed by atoms with van der Waals surface area (Å²) in [5.41, 5.74) is 3.27. The third kappa shape index (κ3) is 5.47. The fourth-order valence-corrected chi connectivity index (χ4v) is 1.87. The molecule has 0 aliphatic heterocycles. The normalized spacial score (nSPS) is 11.4. The maximum atomic E-state index is 12.0. The Kier molecular flexibility index (Phi) is 4.85. The summed E-state index contributed by atoms with van der Waals surface area (Å²) >= 11 is 0. The second-order valence-corrected chi connectivity index (χ2v) is 4.78. The fourth-order valence-electron chi connectivity index (χ4n) is 1.87. The number of hydrogen-bond donors (Lipinski definition) is 1. The van der Waals surface area contributed by atoms with E-state index in [9.17, 15) is 13.2 Å². The summed E-state index contributed by atoms with van der Waals surface area (Å²) in [7, 11) is 0. The van der Waals surface area contributed by atoms with E-state index in [0.29, 0.717) is 13.1 Å². The molecule has 0 unspecified atom stereocenters. The molecular formula is C16H16F3NO. The highest BCUT2D eigenvalue weighted by Crippen LogP contribution is 2.22. The zero-order valence-corrected chi connectivity index (χ0v) is 11.6. The molecule has 5 heteroatoms. The zero-order chi connectivity index (χ0) is 15.3. The Labute approximate surface area is 121 Å². The first-order valence-corrected chi connectivity index (χ1v) is 6.53. The van der Waals surface area contributed by atoms with Crippen molar-refractivity contribution in [3.63, 3.8) is 0 Å². The minimum Gasteiger partial charge on any atom is -0.406 e. The van der Waals surface area contributed by atoms with E-state index in [4.69, 9.17) is 0 Å². The van der Waals surface area contributed by atoms with Crippen LogP contribution in [-0.4, -0.2) is 6.36 Å². The highest BCUT2D eigenvalue weighted by molar-refractivity contribution is 5.27. The number of rotatable bonds is 5. The van der Waals surface area contributed by atoms with Crippen molar-refractivity contribution in [2.24, 2.45) is 0 Å². The van der Waals surface area contributed by atoms with Gasteiger partial charge in [-0.1, -0.05) is 42.0 Å². The third-order valence-corrected chi connectivity index (χ3v) is 2.94. The number of benzene rings is 2. The highest BCUT2D eigenvalue weighted by atomic mass is 19.4. The molecule has 0 radical (unpaired) electrons. The lowest BCUT2D eigenvalue weighted by molar-refractivity contribution is -0.274. The Morgan fingerprint density at radius 1 is 0.857 bits per heavy atom. The van der Waals surface area contributed by atoms with E-state index >= 15 is 0 Å². The molecule has 0 aromatic heterocycles. The summed E-state index contributed by atoms with van der Waals surface area (Å²) in [6.07, 6.45) is -4.65. The molecule has 0 amide bonds. The van der Waals surface area contributed by atoms with E-state index in [-0.39, 0.29) is 5.75 Å². The summed E-state index contributed by atoms with van der Waals surface area (Å²) in [5, 5.41) is 3.24. The van der Waals surface area contributed by atoms with Gasteiger partial charge in [-0.25, -0.2) is 0 Å². The maximum absolute atomic E-state index is 12.0. The molecule has 0 saturated carbocycles. The average molecular weight is 295 g/mol. The van der Waals surface area contributed by atoms with Crippen LogP contribution in [0.4, 0.5) is 13.2 Å². The minimum atomic E-state index is -4.65. The largest absolute Gasteiger partial charge is 0.573 e. The molecule has 0 bridgehead atoms. The van der Waals surface area contributed by atoms with Crippen molar-refractivity contribution in [3.05, 3.63) is 65.2 Å². The van der Waals surface area contributed by atoms with Crippen molar-refractivity contribution in [2.75, 3.05) is 0 Å². The van der Waals surface area contributed by atoms with Gasteiger partial charge >= 0.3 is 6.36 Å². The Balaban J connectivity index is 1.82. The van der Waals surface area contributed by atoms with Gasteiger partial charge in [0.2, 0.25) is 0 Å². The lowest BCUT2D eigenvalue weighted by atomic mass is 10.1. The summed E-state index contributed by atoms with van der Waals surface area (Å²) in [6.45, 7) is 3.32. The molecule has 0 atom stereocenters. The number of nitrogens with one attached hydrogen (secondary N) is 1. The molecule has 0 saturated heterocycles. The molecule has 0 fully saturated rings. The number of alkyl halides is 3. The van der Waals surface area contributed by atoms with Crippen LogP contribution >= 0.6 is 0 Å². The van der Waals surface area contributed by atoms with Crippen LogP contribution in [0.2, 0.25) is 0 Å². The molecule has 1 N–H and O–H groups in total. The molecule has 0 aliphatic rings. The van der Waals surface area contributed by atoms with Crippen molar-refractivity contribution >= 4 is 0 Å². The van der Waals surface area contributed by atoms with Crippen LogP contribution in [0.1, 0.15) is 16.7 Å². The lowest BCUT2D eigenvalue weighted by Crippen LogP contribution is -2.17. The van der Waals surface area contributed by atoms with Crippen molar-refractivity contribution in [1.82, 2.24) is 5.32 Å². The van der Waals surface area contributed by atoms with Gasteiger partial charge in [0.25, 0.3) is 0 Å². The molecule has 0 aliphatic carbocycles. The molecule has 2 rings (SSSR count). The van der Waals surface area contributed by atoms with Crippen molar-refractivity contribution in [3.8, 4) is 5.75 Å². The predicted octanol–water partition coefficient (Wildman–Crippen LogP) is 4.18. The zero-order valence-electron chi connectivity index (χ0n) is 11.6. The molecule has 2 aromatic carbocycles. The maximum Gasteiger partial charge on any atom is 0.573 e. The molecule has 0 heterocycles. The smallest absolute Gasteiger partial charge is 0.406 e. The first-order valence-electron chi connectivity index (χ1n) is 6.53. The van der Waals surface area contributed by atoms with Crippen LogP contribution in [0.15, 0.2) is 48.5 Å². The van der Waals surface area contributed by atoms with Gasteiger partial charge in [-0.05, 0) is 30.2 Å². The van der Waals surface area contributed by atoms with Gasteiger partial charge in [0.05, 0.1) is 0 Å². The Hall–Kier alpha value is -2.01. The summed E-state index contributed by atoms with van der Waals surface area (Å²) in [6, 6.07) is 14.0. The van der Waals surface area contributed by atoms with Crippen LogP contribution in [0.25, 0.3) is 0 Å². The minimum absolute atomic E-state index is 0.204. The molecular weight excluding hydrogens is 279 g/mol. The highest BCUT2D eigenvalue weighted by Gasteiger charge is 2.30. The summed E-state index contributed by atoms with van der Waals surface area (Å²) in [4.78, 5) is 0. The van der Waals surface area contributed by atoms with Gasteiger partial charge in [0, 0.05) is 13.1 Å². The molecule has 2 aromatic rings. The van der Waals surface area contributed by atoms with E-state index < -0.39 is 6.36 Å². The molecule has 112 valence electrons. The van der Waals surface area contributed by atoms with Crippen LogP contribution in [0, 0.1) is 6.92 Å².